The van der Waals surface area contributed by atoms with E-state index in [1.165, 1.54) is 0 Å². The van der Waals surface area contributed by atoms with Crippen molar-refractivity contribution in [1.82, 2.24) is 9.97 Å². The molecular formula is C22H23F3N4. The van der Waals surface area contributed by atoms with Crippen molar-refractivity contribution in [2.24, 2.45) is 5.92 Å². The Morgan fingerprint density at radius 3 is 2.31 bits per heavy atom. The molecule has 2 N–H and O–H groups in total. The van der Waals surface area contributed by atoms with Gasteiger partial charge in [-0.25, -0.2) is 4.98 Å². The molecule has 0 fully saturated rings. The number of hydrogen-bond acceptors (Lipinski definition) is 4. The molecule has 0 saturated heterocycles. The van der Waals surface area contributed by atoms with Gasteiger partial charge in [-0.1, -0.05) is 38.1 Å². The van der Waals surface area contributed by atoms with Gasteiger partial charge in [-0.3, -0.25) is 0 Å². The van der Waals surface area contributed by atoms with Gasteiger partial charge in [0.2, 0.25) is 5.95 Å². The minimum absolute atomic E-state index is 0.0874. The molecule has 0 aliphatic carbocycles. The number of anilines is 4. The fourth-order valence-corrected chi connectivity index (χ4v) is 2.98. The lowest BCUT2D eigenvalue weighted by molar-refractivity contribution is -0.137. The Morgan fingerprint density at radius 2 is 1.66 bits per heavy atom. The normalized spacial score (nSPS) is 11.6. The number of hydrogen-bond donors (Lipinski definition) is 2. The van der Waals surface area contributed by atoms with Crippen LogP contribution in [0.25, 0.3) is 0 Å². The molecule has 3 aromatic rings. The Balaban J connectivity index is 1.92. The first-order valence-corrected chi connectivity index (χ1v) is 9.34. The van der Waals surface area contributed by atoms with Gasteiger partial charge < -0.3 is 10.6 Å². The maximum absolute atomic E-state index is 13.5. The van der Waals surface area contributed by atoms with Crippen LogP contribution in [0.4, 0.5) is 36.3 Å². The third kappa shape index (κ3) is 5.70. The van der Waals surface area contributed by atoms with Crippen LogP contribution in [0.15, 0.2) is 54.7 Å². The first-order chi connectivity index (χ1) is 13.7. The maximum Gasteiger partial charge on any atom is 0.421 e. The first-order valence-electron chi connectivity index (χ1n) is 9.34. The Labute approximate surface area is 168 Å². The molecule has 0 saturated carbocycles. The van der Waals surface area contributed by atoms with Gasteiger partial charge in [-0.05, 0) is 54.7 Å². The Kier molecular flexibility index (Phi) is 6.06. The molecular weight excluding hydrogens is 377 g/mol. The predicted molar refractivity (Wildman–Crippen MR) is 110 cm³/mol. The quantitative estimate of drug-likeness (QED) is 0.497. The summed E-state index contributed by atoms with van der Waals surface area (Å²) < 4.78 is 40.4. The Bertz CT molecular complexity index is 984. The van der Waals surface area contributed by atoms with Crippen molar-refractivity contribution in [3.63, 3.8) is 0 Å². The van der Waals surface area contributed by atoms with Crippen LogP contribution in [0.5, 0.6) is 0 Å². The van der Waals surface area contributed by atoms with Crippen LogP contribution in [0.3, 0.4) is 0 Å². The standard InChI is InChI=1S/C22H23F3N4/c1-14(2)10-16-7-5-9-18(12-16)27-20-19(22(23,24)25)13-26-21(29-20)28-17-8-4-6-15(3)11-17/h4-9,11-14H,10H2,1-3H3,(H2,26,27,28,29). The lowest BCUT2D eigenvalue weighted by Crippen LogP contribution is -2.12. The number of benzene rings is 2. The highest BCUT2D eigenvalue weighted by molar-refractivity contribution is 5.63. The summed E-state index contributed by atoms with van der Waals surface area (Å²) >= 11 is 0. The van der Waals surface area contributed by atoms with Crippen molar-refractivity contribution in [1.29, 1.82) is 0 Å². The number of rotatable bonds is 6. The summed E-state index contributed by atoms with van der Waals surface area (Å²) in [5.74, 6) is 0.244. The molecule has 0 aliphatic rings. The molecule has 0 spiro atoms. The van der Waals surface area contributed by atoms with E-state index in [-0.39, 0.29) is 11.8 Å². The average molecular weight is 400 g/mol. The smallest absolute Gasteiger partial charge is 0.340 e. The van der Waals surface area contributed by atoms with Crippen LogP contribution < -0.4 is 10.6 Å². The Morgan fingerprint density at radius 1 is 0.966 bits per heavy atom. The van der Waals surface area contributed by atoms with Crippen LogP contribution in [0.1, 0.15) is 30.5 Å². The largest absolute Gasteiger partial charge is 0.421 e. The minimum Gasteiger partial charge on any atom is -0.340 e. The average Bonchev–Trinajstić information content (AvgIpc) is 2.60. The second-order valence-electron chi connectivity index (χ2n) is 7.37. The zero-order chi connectivity index (χ0) is 21.0. The fraction of sp³-hybridized carbons (Fsp3) is 0.273. The molecule has 1 aromatic heterocycles. The lowest BCUT2D eigenvalue weighted by Gasteiger charge is -2.16. The fourth-order valence-electron chi connectivity index (χ4n) is 2.98. The second kappa shape index (κ2) is 8.51. The third-order valence-corrected chi connectivity index (χ3v) is 4.20. The highest BCUT2D eigenvalue weighted by atomic mass is 19.4. The van der Waals surface area contributed by atoms with Crippen molar-refractivity contribution in [3.05, 3.63) is 71.4 Å². The minimum atomic E-state index is -4.57. The van der Waals surface area contributed by atoms with E-state index >= 15 is 0 Å². The number of nitrogens with one attached hydrogen (secondary N) is 2. The van der Waals surface area contributed by atoms with Gasteiger partial charge in [0.05, 0.1) is 0 Å². The molecule has 4 nitrogen and oxygen atoms in total. The Hall–Kier alpha value is -3.09. The van der Waals surface area contributed by atoms with Crippen LogP contribution in [-0.2, 0) is 12.6 Å². The van der Waals surface area contributed by atoms with E-state index in [2.05, 4.69) is 34.4 Å². The van der Waals surface area contributed by atoms with Crippen molar-refractivity contribution >= 4 is 23.1 Å². The zero-order valence-corrected chi connectivity index (χ0v) is 16.5. The molecule has 0 aliphatic heterocycles. The van der Waals surface area contributed by atoms with E-state index in [0.717, 1.165) is 23.7 Å². The number of nitrogens with zero attached hydrogens (tertiary/aromatic N) is 2. The summed E-state index contributed by atoms with van der Waals surface area (Å²) in [6.07, 6.45) is -2.93. The van der Waals surface area contributed by atoms with E-state index in [1.807, 2.05) is 43.3 Å². The van der Waals surface area contributed by atoms with Crippen LogP contribution >= 0.6 is 0 Å². The lowest BCUT2D eigenvalue weighted by atomic mass is 10.0. The van der Waals surface area contributed by atoms with Crippen LogP contribution in [-0.4, -0.2) is 9.97 Å². The first kappa shape index (κ1) is 20.6. The van der Waals surface area contributed by atoms with E-state index in [1.54, 1.807) is 12.1 Å². The van der Waals surface area contributed by atoms with Gasteiger partial charge in [-0.2, -0.15) is 18.2 Å². The number of aryl methyl sites for hydroxylation is 1. The number of halogens is 3. The summed E-state index contributed by atoms with van der Waals surface area (Å²) in [7, 11) is 0. The van der Waals surface area contributed by atoms with Gasteiger partial charge >= 0.3 is 6.18 Å². The van der Waals surface area contributed by atoms with Gasteiger partial charge in [0.25, 0.3) is 0 Å². The van der Waals surface area contributed by atoms with E-state index in [0.29, 0.717) is 17.3 Å². The second-order valence-corrected chi connectivity index (χ2v) is 7.37. The predicted octanol–water partition coefficient (Wildman–Crippen LogP) is 6.49. The topological polar surface area (TPSA) is 49.8 Å². The third-order valence-electron chi connectivity index (χ3n) is 4.20. The molecule has 29 heavy (non-hydrogen) atoms. The molecule has 3 rings (SSSR count). The van der Waals surface area contributed by atoms with Gasteiger partial charge in [-0.15, -0.1) is 0 Å². The van der Waals surface area contributed by atoms with Gasteiger partial charge in [0.15, 0.2) is 0 Å². The highest BCUT2D eigenvalue weighted by Crippen LogP contribution is 2.35. The summed E-state index contributed by atoms with van der Waals surface area (Å²) in [6.45, 7) is 6.11. The zero-order valence-electron chi connectivity index (χ0n) is 16.5. The van der Waals surface area contributed by atoms with E-state index in [4.69, 9.17) is 0 Å². The van der Waals surface area contributed by atoms with Crippen molar-refractivity contribution in [2.45, 2.75) is 33.4 Å². The molecule has 152 valence electrons. The molecule has 0 radical (unpaired) electrons. The molecule has 0 amide bonds. The number of aromatic nitrogens is 2. The molecule has 0 atom stereocenters. The summed E-state index contributed by atoms with van der Waals surface area (Å²) in [6, 6.07) is 14.8. The summed E-state index contributed by atoms with van der Waals surface area (Å²) in [4.78, 5) is 7.94. The molecule has 0 unspecified atom stereocenters. The van der Waals surface area contributed by atoms with E-state index < -0.39 is 11.7 Å². The molecule has 1 heterocycles. The highest BCUT2D eigenvalue weighted by Gasteiger charge is 2.35. The number of alkyl halides is 3. The monoisotopic (exact) mass is 400 g/mol. The summed E-state index contributed by atoms with van der Waals surface area (Å²) in [5.41, 5.74) is 2.40. The van der Waals surface area contributed by atoms with Crippen molar-refractivity contribution in [3.8, 4) is 0 Å². The van der Waals surface area contributed by atoms with Crippen LogP contribution in [0, 0.1) is 12.8 Å². The SMILES string of the molecule is Cc1cccc(Nc2ncc(C(F)(F)F)c(Nc3cccc(CC(C)C)c3)n2)c1. The van der Waals surface area contributed by atoms with Crippen molar-refractivity contribution < 1.29 is 13.2 Å². The molecule has 0 bridgehead atoms. The van der Waals surface area contributed by atoms with Gasteiger partial charge in [0.1, 0.15) is 11.4 Å². The van der Waals surface area contributed by atoms with E-state index in [9.17, 15) is 13.2 Å². The molecule has 2 aromatic carbocycles. The van der Waals surface area contributed by atoms with Gasteiger partial charge in [0, 0.05) is 17.6 Å². The summed E-state index contributed by atoms with van der Waals surface area (Å²) in [5, 5.41) is 5.78. The van der Waals surface area contributed by atoms with Crippen LogP contribution in [0.2, 0.25) is 0 Å². The molecule has 7 heteroatoms. The van der Waals surface area contributed by atoms with Crippen molar-refractivity contribution in [2.75, 3.05) is 10.6 Å². The maximum atomic E-state index is 13.5.